The van der Waals surface area contributed by atoms with Gasteiger partial charge in [-0.25, -0.2) is 0 Å². The van der Waals surface area contributed by atoms with Crippen molar-refractivity contribution in [1.29, 1.82) is 0 Å². The van der Waals surface area contributed by atoms with Crippen molar-refractivity contribution >= 4 is 21.9 Å². The van der Waals surface area contributed by atoms with Crippen LogP contribution in [0.3, 0.4) is 0 Å². The average Bonchev–Trinajstić information content (AvgIpc) is 3.15. The second-order valence-electron chi connectivity index (χ2n) is 12.5. The summed E-state index contributed by atoms with van der Waals surface area (Å²) in [5, 5.41) is 2.44. The van der Waals surface area contributed by atoms with Crippen molar-refractivity contribution in [3.8, 4) is 11.1 Å². The molecule has 4 saturated carbocycles. The van der Waals surface area contributed by atoms with Crippen LogP contribution in [0.2, 0.25) is 0 Å². The summed E-state index contributed by atoms with van der Waals surface area (Å²) >= 11 is 0. The lowest BCUT2D eigenvalue weighted by Gasteiger charge is -2.57. The minimum Gasteiger partial charge on any atom is -0.456 e. The predicted molar refractivity (Wildman–Crippen MR) is 138 cm³/mol. The van der Waals surface area contributed by atoms with Crippen molar-refractivity contribution in [2.45, 2.75) is 70.1 Å². The van der Waals surface area contributed by atoms with Crippen LogP contribution in [0.25, 0.3) is 33.1 Å². The Kier molecular flexibility index (Phi) is 4.07. The first-order chi connectivity index (χ1) is 15.9. The van der Waals surface area contributed by atoms with E-state index in [9.17, 15) is 0 Å². The molecule has 4 fully saturated rings. The third-order valence-electron chi connectivity index (χ3n) is 9.18. The van der Waals surface area contributed by atoms with Gasteiger partial charge in [0, 0.05) is 16.3 Å². The van der Waals surface area contributed by atoms with Crippen molar-refractivity contribution in [3.05, 3.63) is 71.8 Å². The molecular formula is C32H34O. The summed E-state index contributed by atoms with van der Waals surface area (Å²) in [5.74, 6) is 2.97. The van der Waals surface area contributed by atoms with E-state index in [1.165, 1.54) is 66.0 Å². The van der Waals surface area contributed by atoms with Gasteiger partial charge in [0.1, 0.15) is 11.2 Å². The minimum atomic E-state index is 0.0588. The first kappa shape index (κ1) is 19.9. The van der Waals surface area contributed by atoms with Crippen LogP contribution in [0.15, 0.2) is 65.1 Å². The van der Waals surface area contributed by atoms with E-state index in [0.717, 1.165) is 28.9 Å². The highest BCUT2D eigenvalue weighted by Gasteiger charge is 2.51. The molecule has 1 nitrogen and oxygen atoms in total. The Hall–Kier alpha value is -2.54. The van der Waals surface area contributed by atoms with Crippen LogP contribution >= 0.6 is 0 Å². The zero-order chi connectivity index (χ0) is 22.4. The Bertz CT molecular complexity index is 1330. The standard InChI is InChI=1S/C32H34O/c1-31(2,3)28-6-4-5-27-26-12-9-24(16-29(26)33-30(27)28)23-7-10-25(11-8-23)32-17-20-13-21(18-32)15-22(14-20)19-32/h4-12,16,20-22H,13-15,17-19H2,1-3H3. The van der Waals surface area contributed by atoms with Gasteiger partial charge in [-0.15, -0.1) is 0 Å². The Morgan fingerprint density at radius 3 is 2.00 bits per heavy atom. The lowest BCUT2D eigenvalue weighted by molar-refractivity contribution is -0.00518. The molecule has 0 amide bonds. The van der Waals surface area contributed by atoms with Crippen LogP contribution < -0.4 is 0 Å². The highest BCUT2D eigenvalue weighted by molar-refractivity contribution is 6.07. The zero-order valence-electron chi connectivity index (χ0n) is 20.2. The second kappa shape index (κ2) is 6.75. The fraction of sp³-hybridized carbons (Fsp3) is 0.438. The number of hydrogen-bond acceptors (Lipinski definition) is 1. The van der Waals surface area contributed by atoms with Gasteiger partial charge in [-0.3, -0.25) is 0 Å². The van der Waals surface area contributed by atoms with Crippen LogP contribution in [0.1, 0.15) is 70.4 Å². The summed E-state index contributed by atoms with van der Waals surface area (Å²) < 4.78 is 6.46. The van der Waals surface area contributed by atoms with Gasteiger partial charge in [-0.05, 0) is 95.9 Å². The molecule has 0 saturated heterocycles. The highest BCUT2D eigenvalue weighted by Crippen LogP contribution is 2.60. The first-order valence-electron chi connectivity index (χ1n) is 12.9. The number of furan rings is 1. The van der Waals surface area contributed by atoms with E-state index in [-0.39, 0.29) is 5.41 Å². The van der Waals surface area contributed by atoms with Gasteiger partial charge in [-0.1, -0.05) is 69.3 Å². The molecule has 1 aromatic heterocycles. The van der Waals surface area contributed by atoms with E-state index in [2.05, 4.69) is 81.4 Å². The number of benzene rings is 3. The summed E-state index contributed by atoms with van der Waals surface area (Å²) in [6.07, 6.45) is 8.81. The van der Waals surface area contributed by atoms with Gasteiger partial charge >= 0.3 is 0 Å². The average molecular weight is 435 g/mol. The summed E-state index contributed by atoms with van der Waals surface area (Å²) in [5.41, 5.74) is 7.97. The third kappa shape index (κ3) is 3.04. The van der Waals surface area contributed by atoms with Crippen LogP contribution in [0.5, 0.6) is 0 Å². The minimum absolute atomic E-state index is 0.0588. The molecule has 8 rings (SSSR count). The molecule has 0 N–H and O–H groups in total. The lowest BCUT2D eigenvalue weighted by Crippen LogP contribution is -2.48. The van der Waals surface area contributed by atoms with Crippen LogP contribution in [-0.2, 0) is 10.8 Å². The molecular weight excluding hydrogens is 400 g/mol. The first-order valence-corrected chi connectivity index (χ1v) is 12.9. The molecule has 168 valence electrons. The van der Waals surface area contributed by atoms with E-state index in [4.69, 9.17) is 4.42 Å². The summed E-state index contributed by atoms with van der Waals surface area (Å²) in [6, 6.07) is 22.9. The fourth-order valence-corrected chi connectivity index (χ4v) is 8.05. The molecule has 1 heteroatoms. The molecule has 0 radical (unpaired) electrons. The van der Waals surface area contributed by atoms with Crippen LogP contribution in [0.4, 0.5) is 0 Å². The molecule has 4 aliphatic carbocycles. The van der Waals surface area contributed by atoms with Crippen molar-refractivity contribution < 1.29 is 4.42 Å². The lowest BCUT2D eigenvalue weighted by atomic mass is 9.48. The molecule has 0 atom stereocenters. The summed E-state index contributed by atoms with van der Waals surface area (Å²) in [7, 11) is 0. The molecule has 4 aliphatic rings. The number of rotatable bonds is 2. The topological polar surface area (TPSA) is 13.1 Å². The highest BCUT2D eigenvalue weighted by atomic mass is 16.3. The molecule has 4 bridgehead atoms. The zero-order valence-corrected chi connectivity index (χ0v) is 20.2. The van der Waals surface area contributed by atoms with Crippen molar-refractivity contribution in [2.75, 3.05) is 0 Å². The SMILES string of the molecule is CC(C)(C)c1cccc2c1oc1cc(-c3ccc(C45CC6CC(CC(C6)C4)C5)cc3)ccc12. The number of para-hydroxylation sites is 1. The quantitative estimate of drug-likeness (QED) is 0.307. The maximum atomic E-state index is 6.46. The van der Waals surface area contributed by atoms with Crippen LogP contribution in [-0.4, -0.2) is 0 Å². The summed E-state index contributed by atoms with van der Waals surface area (Å²) in [4.78, 5) is 0. The van der Waals surface area contributed by atoms with Gasteiger partial charge in [0.25, 0.3) is 0 Å². The third-order valence-corrected chi connectivity index (χ3v) is 9.18. The number of hydrogen-bond donors (Lipinski definition) is 0. The monoisotopic (exact) mass is 434 g/mol. The Labute approximate surface area is 197 Å². The molecule has 3 aromatic carbocycles. The maximum Gasteiger partial charge on any atom is 0.139 e. The smallest absolute Gasteiger partial charge is 0.139 e. The van der Waals surface area contributed by atoms with Crippen LogP contribution in [0, 0.1) is 17.8 Å². The Morgan fingerprint density at radius 2 is 1.36 bits per heavy atom. The molecule has 0 aliphatic heterocycles. The maximum absolute atomic E-state index is 6.46. The Balaban J connectivity index is 1.26. The van der Waals surface area contributed by atoms with Gasteiger partial charge in [0.2, 0.25) is 0 Å². The van der Waals surface area contributed by atoms with E-state index < -0.39 is 0 Å². The van der Waals surface area contributed by atoms with Crippen molar-refractivity contribution in [2.24, 2.45) is 17.8 Å². The van der Waals surface area contributed by atoms with Gasteiger partial charge < -0.3 is 4.42 Å². The normalized spacial score (nSPS) is 28.8. The summed E-state index contributed by atoms with van der Waals surface area (Å²) in [6.45, 7) is 6.77. The molecule has 0 spiro atoms. The van der Waals surface area contributed by atoms with Crippen molar-refractivity contribution in [1.82, 2.24) is 0 Å². The fourth-order valence-electron chi connectivity index (χ4n) is 8.05. The van der Waals surface area contributed by atoms with Gasteiger partial charge in [0.05, 0.1) is 0 Å². The van der Waals surface area contributed by atoms with Crippen molar-refractivity contribution in [3.63, 3.8) is 0 Å². The van der Waals surface area contributed by atoms with Gasteiger partial charge in [0.15, 0.2) is 0 Å². The largest absolute Gasteiger partial charge is 0.456 e. The molecule has 4 aromatic rings. The molecule has 33 heavy (non-hydrogen) atoms. The molecule has 0 unspecified atom stereocenters. The number of fused-ring (bicyclic) bond motifs is 3. The van der Waals surface area contributed by atoms with Gasteiger partial charge in [-0.2, -0.15) is 0 Å². The van der Waals surface area contributed by atoms with E-state index in [1.807, 2.05) is 0 Å². The van der Waals surface area contributed by atoms with E-state index in [0.29, 0.717) is 5.41 Å². The molecule has 1 heterocycles. The Morgan fingerprint density at radius 1 is 0.727 bits per heavy atom. The second-order valence-corrected chi connectivity index (χ2v) is 12.5. The van der Waals surface area contributed by atoms with E-state index >= 15 is 0 Å². The predicted octanol–water partition coefficient (Wildman–Crippen LogP) is 9.02. The van der Waals surface area contributed by atoms with E-state index in [1.54, 1.807) is 5.56 Å².